The van der Waals surface area contributed by atoms with E-state index >= 15 is 0 Å². The normalized spacial score (nSPS) is 14.6. The molecule has 0 aromatic carbocycles. The maximum absolute atomic E-state index is 11.7. The summed E-state index contributed by atoms with van der Waals surface area (Å²) >= 11 is 0. The van der Waals surface area contributed by atoms with Gasteiger partial charge in [-0.15, -0.1) is 0 Å². The Hall–Kier alpha value is -2.20. The van der Waals surface area contributed by atoms with Crippen molar-refractivity contribution in [3.8, 4) is 0 Å². The molecule has 0 saturated heterocycles. The average molecular weight is 304 g/mol. The van der Waals surface area contributed by atoms with Crippen molar-refractivity contribution in [3.05, 3.63) is 0 Å². The number of carboxylic acids is 1. The highest BCUT2D eigenvalue weighted by atomic mass is 16.4. The van der Waals surface area contributed by atoms with Crippen molar-refractivity contribution in [3.63, 3.8) is 0 Å². The third-order valence-corrected chi connectivity index (χ3v) is 2.55. The maximum atomic E-state index is 11.7. The van der Waals surface area contributed by atoms with Crippen LogP contribution < -0.4 is 22.1 Å². The quantitative estimate of drug-likeness (QED) is 0.257. The zero-order chi connectivity index (χ0) is 16.6. The first-order valence-corrected chi connectivity index (χ1v) is 6.17. The number of nitrogens with one attached hydrogen (secondary N) is 2. The smallest absolute Gasteiger partial charge is 0.322 e. The van der Waals surface area contributed by atoms with E-state index < -0.39 is 48.4 Å². The molecule has 0 fully saturated rings. The van der Waals surface area contributed by atoms with Gasteiger partial charge in [0.2, 0.25) is 17.7 Å². The van der Waals surface area contributed by atoms with Crippen LogP contribution in [-0.4, -0.2) is 58.6 Å². The molecule has 0 aromatic rings. The summed E-state index contributed by atoms with van der Waals surface area (Å²) < 4.78 is 0. The van der Waals surface area contributed by atoms with E-state index in [1.807, 2.05) is 0 Å². The number of carbonyl (C=O) groups excluding carboxylic acids is 3. The fourth-order valence-corrected chi connectivity index (χ4v) is 1.33. The molecule has 3 amide bonds. The number of carbonyl (C=O) groups is 4. The first-order valence-electron chi connectivity index (χ1n) is 6.17. The summed E-state index contributed by atoms with van der Waals surface area (Å²) in [5.74, 6) is -3.53. The highest BCUT2D eigenvalue weighted by Gasteiger charge is 2.26. The van der Waals surface area contributed by atoms with Crippen LogP contribution in [0, 0.1) is 0 Å². The molecule has 0 bridgehead atoms. The van der Waals surface area contributed by atoms with Crippen LogP contribution in [0.15, 0.2) is 0 Å². The number of primary amides is 1. The largest absolute Gasteiger partial charge is 0.480 e. The van der Waals surface area contributed by atoms with Gasteiger partial charge in [-0.05, 0) is 13.3 Å². The molecule has 120 valence electrons. The molecule has 10 heteroatoms. The molecule has 0 aliphatic heterocycles. The van der Waals surface area contributed by atoms with E-state index in [0.717, 1.165) is 0 Å². The molecule has 0 rings (SSSR count). The van der Waals surface area contributed by atoms with E-state index in [0.29, 0.717) is 0 Å². The second-order valence-electron chi connectivity index (χ2n) is 4.44. The Morgan fingerprint density at radius 3 is 2.19 bits per heavy atom. The number of nitrogens with two attached hydrogens (primary N) is 2. The molecule has 0 saturated carbocycles. The monoisotopic (exact) mass is 304 g/mol. The topological polar surface area (TPSA) is 185 Å². The molecule has 3 atom stereocenters. The number of hydrogen-bond donors (Lipinski definition) is 6. The van der Waals surface area contributed by atoms with Gasteiger partial charge in [-0.1, -0.05) is 0 Å². The molecule has 0 radical (unpaired) electrons. The fourth-order valence-electron chi connectivity index (χ4n) is 1.33. The molecule has 0 aliphatic carbocycles. The van der Waals surface area contributed by atoms with Gasteiger partial charge >= 0.3 is 5.97 Å². The number of amides is 3. The Labute approximate surface area is 120 Å². The average Bonchev–Trinajstić information content (AvgIpc) is 2.38. The van der Waals surface area contributed by atoms with Gasteiger partial charge in [0.05, 0.1) is 6.10 Å². The molecular weight excluding hydrogens is 284 g/mol. The summed E-state index contributed by atoms with van der Waals surface area (Å²) in [6.07, 6.45) is -1.43. The number of aliphatic hydroxyl groups is 1. The number of aliphatic carboxylic acids is 1. The molecule has 10 nitrogen and oxygen atoms in total. The van der Waals surface area contributed by atoms with Crippen molar-refractivity contribution in [2.24, 2.45) is 11.5 Å². The Bertz CT molecular complexity index is 412. The first-order chi connectivity index (χ1) is 9.65. The van der Waals surface area contributed by atoms with Gasteiger partial charge in [-0.3, -0.25) is 19.2 Å². The Kier molecular flexibility index (Phi) is 7.94. The molecule has 0 heterocycles. The van der Waals surface area contributed by atoms with Crippen molar-refractivity contribution in [1.29, 1.82) is 0 Å². The van der Waals surface area contributed by atoms with E-state index in [1.54, 1.807) is 0 Å². The number of aliphatic hydroxyl groups excluding tert-OH is 1. The van der Waals surface area contributed by atoms with E-state index in [4.69, 9.17) is 16.6 Å². The van der Waals surface area contributed by atoms with Crippen LogP contribution in [0.2, 0.25) is 0 Å². The Morgan fingerprint density at radius 2 is 1.76 bits per heavy atom. The van der Waals surface area contributed by atoms with Crippen molar-refractivity contribution < 1.29 is 29.4 Å². The lowest BCUT2D eigenvalue weighted by atomic mass is 10.1. The van der Waals surface area contributed by atoms with Gasteiger partial charge in [0.25, 0.3) is 0 Å². The van der Waals surface area contributed by atoms with Gasteiger partial charge < -0.3 is 32.3 Å². The zero-order valence-electron chi connectivity index (χ0n) is 11.5. The minimum Gasteiger partial charge on any atom is -0.480 e. The van der Waals surface area contributed by atoms with Gasteiger partial charge in [-0.25, -0.2) is 0 Å². The third-order valence-electron chi connectivity index (χ3n) is 2.55. The lowest BCUT2D eigenvalue weighted by molar-refractivity contribution is -0.138. The van der Waals surface area contributed by atoms with Crippen molar-refractivity contribution in [2.45, 2.75) is 38.0 Å². The summed E-state index contributed by atoms with van der Waals surface area (Å²) in [6, 6.07) is -2.43. The van der Waals surface area contributed by atoms with Crippen molar-refractivity contribution >= 4 is 23.7 Å². The van der Waals surface area contributed by atoms with Crippen LogP contribution in [0.4, 0.5) is 0 Å². The van der Waals surface area contributed by atoms with Crippen LogP contribution >= 0.6 is 0 Å². The van der Waals surface area contributed by atoms with Crippen LogP contribution in [0.1, 0.15) is 19.8 Å². The summed E-state index contributed by atoms with van der Waals surface area (Å²) in [7, 11) is 0. The molecule has 0 aromatic heterocycles. The summed E-state index contributed by atoms with van der Waals surface area (Å²) in [5, 5.41) is 22.0. The van der Waals surface area contributed by atoms with Crippen LogP contribution in [0.3, 0.4) is 0 Å². The second kappa shape index (κ2) is 8.87. The van der Waals surface area contributed by atoms with Crippen LogP contribution in [0.5, 0.6) is 0 Å². The predicted molar refractivity (Wildman–Crippen MR) is 70.7 cm³/mol. The minimum absolute atomic E-state index is 0.112. The summed E-state index contributed by atoms with van der Waals surface area (Å²) in [6.45, 7) is 0.664. The standard InChI is InChI=1S/C11H20N4O6/c1-5(16)9(13)11(21)15-6(2-3-7(12)17)10(20)14-4-8(18)19/h5-6,9,16H,2-4,13H2,1H3,(H2,12,17)(H,14,20)(H,15,21)(H,18,19). The zero-order valence-corrected chi connectivity index (χ0v) is 11.5. The Balaban J connectivity index is 4.72. The fraction of sp³-hybridized carbons (Fsp3) is 0.636. The predicted octanol–water partition coefficient (Wildman–Crippen LogP) is -3.35. The van der Waals surface area contributed by atoms with E-state index in [2.05, 4.69) is 10.6 Å². The van der Waals surface area contributed by atoms with Gasteiger partial charge in [0, 0.05) is 6.42 Å². The number of rotatable bonds is 9. The first kappa shape index (κ1) is 18.8. The molecule has 21 heavy (non-hydrogen) atoms. The lowest BCUT2D eigenvalue weighted by Gasteiger charge is -2.21. The highest BCUT2D eigenvalue weighted by Crippen LogP contribution is 1.99. The lowest BCUT2D eigenvalue weighted by Crippen LogP contribution is -2.54. The van der Waals surface area contributed by atoms with Gasteiger partial charge in [0.15, 0.2) is 0 Å². The highest BCUT2D eigenvalue weighted by molar-refractivity contribution is 5.91. The molecular formula is C11H20N4O6. The Morgan fingerprint density at radius 1 is 1.19 bits per heavy atom. The second-order valence-corrected chi connectivity index (χ2v) is 4.44. The number of hydrogen-bond acceptors (Lipinski definition) is 6. The van der Waals surface area contributed by atoms with Gasteiger partial charge in [0.1, 0.15) is 18.6 Å². The van der Waals surface area contributed by atoms with Gasteiger partial charge in [-0.2, -0.15) is 0 Å². The van der Waals surface area contributed by atoms with Crippen LogP contribution in [0.25, 0.3) is 0 Å². The minimum atomic E-state index is -1.26. The summed E-state index contributed by atoms with van der Waals surface area (Å²) in [4.78, 5) is 44.5. The van der Waals surface area contributed by atoms with Crippen molar-refractivity contribution in [2.75, 3.05) is 6.54 Å². The van der Waals surface area contributed by atoms with Crippen molar-refractivity contribution in [1.82, 2.24) is 10.6 Å². The molecule has 3 unspecified atom stereocenters. The molecule has 0 aliphatic rings. The summed E-state index contributed by atoms with van der Waals surface area (Å²) in [5.41, 5.74) is 10.4. The van der Waals surface area contributed by atoms with Crippen LogP contribution in [-0.2, 0) is 19.2 Å². The molecule has 8 N–H and O–H groups in total. The maximum Gasteiger partial charge on any atom is 0.322 e. The third kappa shape index (κ3) is 7.84. The SMILES string of the molecule is CC(O)C(N)C(=O)NC(CCC(N)=O)C(=O)NCC(=O)O. The van der Waals surface area contributed by atoms with E-state index in [-0.39, 0.29) is 12.8 Å². The molecule has 0 spiro atoms. The van der Waals surface area contributed by atoms with E-state index in [9.17, 15) is 24.3 Å². The van der Waals surface area contributed by atoms with E-state index in [1.165, 1.54) is 6.92 Å². The number of carboxylic acid groups (broad SMARTS) is 1.